The van der Waals surface area contributed by atoms with E-state index in [0.29, 0.717) is 25.4 Å². The van der Waals surface area contributed by atoms with Crippen molar-refractivity contribution in [3.05, 3.63) is 59.7 Å². The highest BCUT2D eigenvalue weighted by Gasteiger charge is 2.40. The van der Waals surface area contributed by atoms with Gasteiger partial charge in [-0.1, -0.05) is 36.8 Å². The van der Waals surface area contributed by atoms with Gasteiger partial charge in [0.05, 0.1) is 12.5 Å². The largest absolute Gasteiger partial charge is 0.489 e. The molecule has 3 atom stereocenters. The molecule has 1 N–H and O–H groups in total. The molecule has 1 amide bonds. The Hall–Kier alpha value is -2.80. The van der Waals surface area contributed by atoms with Gasteiger partial charge in [0.2, 0.25) is 5.91 Å². The summed E-state index contributed by atoms with van der Waals surface area (Å²) in [6.45, 7) is 0.391. The van der Waals surface area contributed by atoms with Gasteiger partial charge in [0.15, 0.2) is 0 Å². The molecular weight excluding hydrogens is 348 g/mol. The van der Waals surface area contributed by atoms with Crippen LogP contribution in [0.3, 0.4) is 0 Å². The Kier molecular flexibility index (Phi) is 5.62. The van der Waals surface area contributed by atoms with E-state index in [2.05, 4.69) is 11.4 Å². The Morgan fingerprint density at radius 1 is 1.11 bits per heavy atom. The maximum atomic E-state index is 12.6. The number of nitriles is 1. The number of nitrogens with zero attached hydrogens (tertiary/aromatic N) is 1. The number of rotatable bonds is 7. The van der Waals surface area contributed by atoms with Crippen LogP contribution in [0.2, 0.25) is 0 Å². The van der Waals surface area contributed by atoms with E-state index in [0.717, 1.165) is 34.4 Å². The molecule has 4 heteroatoms. The van der Waals surface area contributed by atoms with Gasteiger partial charge in [0.25, 0.3) is 0 Å². The standard InChI is InChI=1S/C24H26N2O2/c25-12-11-17-6-9-22(10-7-17)28-16-20-3-1-2-4-23(20)26-24(27)15-21-14-18-5-8-19(21)13-18/h1-4,6-7,9-10,18-19,21H,5,8,11,13-16H2,(H,26,27). The van der Waals surface area contributed by atoms with Crippen molar-refractivity contribution in [1.29, 1.82) is 5.26 Å². The van der Waals surface area contributed by atoms with Gasteiger partial charge in [0, 0.05) is 17.7 Å². The summed E-state index contributed by atoms with van der Waals surface area (Å²) in [6.07, 6.45) is 6.26. The minimum absolute atomic E-state index is 0.117. The molecule has 4 rings (SSSR count). The predicted octanol–water partition coefficient (Wildman–Crippen LogP) is 5.10. The number of carbonyl (C=O) groups is 1. The summed E-state index contributed by atoms with van der Waals surface area (Å²) >= 11 is 0. The molecule has 0 heterocycles. The van der Waals surface area contributed by atoms with E-state index < -0.39 is 0 Å². The first-order chi connectivity index (χ1) is 13.7. The molecule has 28 heavy (non-hydrogen) atoms. The second-order valence-electron chi connectivity index (χ2n) is 8.11. The Labute approximate surface area is 166 Å². The maximum absolute atomic E-state index is 12.6. The Bertz CT molecular complexity index is 869. The summed E-state index contributed by atoms with van der Waals surface area (Å²) in [5.41, 5.74) is 2.77. The van der Waals surface area contributed by atoms with Crippen molar-refractivity contribution in [3.63, 3.8) is 0 Å². The fourth-order valence-corrected chi connectivity index (χ4v) is 4.79. The molecule has 144 valence electrons. The van der Waals surface area contributed by atoms with E-state index in [-0.39, 0.29) is 5.91 Å². The Morgan fingerprint density at radius 2 is 1.93 bits per heavy atom. The lowest BCUT2D eigenvalue weighted by Gasteiger charge is -2.21. The van der Waals surface area contributed by atoms with E-state index >= 15 is 0 Å². The molecule has 2 bridgehead atoms. The van der Waals surface area contributed by atoms with Crippen LogP contribution in [0, 0.1) is 29.1 Å². The predicted molar refractivity (Wildman–Crippen MR) is 109 cm³/mol. The Morgan fingerprint density at radius 3 is 2.64 bits per heavy atom. The summed E-state index contributed by atoms with van der Waals surface area (Å²) in [7, 11) is 0. The second-order valence-corrected chi connectivity index (χ2v) is 8.11. The van der Waals surface area contributed by atoms with E-state index in [4.69, 9.17) is 10.00 Å². The van der Waals surface area contributed by atoms with Gasteiger partial charge in [-0.05, 0) is 60.8 Å². The topological polar surface area (TPSA) is 62.1 Å². The van der Waals surface area contributed by atoms with Crippen LogP contribution in [-0.4, -0.2) is 5.91 Å². The molecule has 2 aromatic carbocycles. The molecule has 0 aliphatic heterocycles. The first-order valence-electron chi connectivity index (χ1n) is 10.2. The number of anilines is 1. The zero-order valence-electron chi connectivity index (χ0n) is 16.1. The fraction of sp³-hybridized carbons (Fsp3) is 0.417. The van der Waals surface area contributed by atoms with Gasteiger partial charge >= 0.3 is 0 Å². The highest BCUT2D eigenvalue weighted by atomic mass is 16.5. The minimum atomic E-state index is 0.117. The minimum Gasteiger partial charge on any atom is -0.489 e. The van der Waals surface area contributed by atoms with E-state index in [9.17, 15) is 4.79 Å². The number of para-hydroxylation sites is 1. The first kappa shape index (κ1) is 18.6. The number of ether oxygens (including phenoxy) is 1. The molecule has 2 fully saturated rings. The summed E-state index contributed by atoms with van der Waals surface area (Å²) in [5.74, 6) is 3.06. The average molecular weight is 374 g/mol. The number of fused-ring (bicyclic) bond motifs is 2. The van der Waals surface area contributed by atoms with Crippen LogP contribution < -0.4 is 10.1 Å². The van der Waals surface area contributed by atoms with Crippen molar-refractivity contribution in [2.75, 3.05) is 5.32 Å². The van der Waals surface area contributed by atoms with Crippen molar-refractivity contribution < 1.29 is 9.53 Å². The van der Waals surface area contributed by atoms with Crippen LogP contribution in [0.15, 0.2) is 48.5 Å². The van der Waals surface area contributed by atoms with Crippen LogP contribution in [0.5, 0.6) is 5.75 Å². The molecule has 2 saturated carbocycles. The molecule has 0 saturated heterocycles. The van der Waals surface area contributed by atoms with Gasteiger partial charge in [-0.15, -0.1) is 0 Å². The van der Waals surface area contributed by atoms with Gasteiger partial charge in [-0.3, -0.25) is 4.79 Å². The monoisotopic (exact) mass is 374 g/mol. The number of hydrogen-bond acceptors (Lipinski definition) is 3. The number of hydrogen-bond donors (Lipinski definition) is 1. The van der Waals surface area contributed by atoms with Crippen molar-refractivity contribution >= 4 is 11.6 Å². The second kappa shape index (κ2) is 8.48. The fourth-order valence-electron chi connectivity index (χ4n) is 4.79. The van der Waals surface area contributed by atoms with Crippen molar-refractivity contribution in [2.24, 2.45) is 17.8 Å². The number of carbonyl (C=O) groups excluding carboxylic acids is 1. The van der Waals surface area contributed by atoms with Gasteiger partial charge in [-0.25, -0.2) is 0 Å². The summed E-state index contributed by atoms with van der Waals surface area (Å²) in [4.78, 5) is 12.6. The van der Waals surface area contributed by atoms with Crippen molar-refractivity contribution in [3.8, 4) is 11.8 Å². The molecule has 3 unspecified atom stereocenters. The lowest BCUT2D eigenvalue weighted by atomic mass is 9.86. The lowest BCUT2D eigenvalue weighted by molar-refractivity contribution is -0.117. The van der Waals surface area contributed by atoms with Gasteiger partial charge in [0.1, 0.15) is 12.4 Å². The first-order valence-corrected chi connectivity index (χ1v) is 10.2. The molecule has 2 aliphatic carbocycles. The van der Waals surface area contributed by atoms with Crippen LogP contribution in [0.4, 0.5) is 5.69 Å². The quantitative estimate of drug-likeness (QED) is 0.734. The zero-order chi connectivity index (χ0) is 19.3. The van der Waals surface area contributed by atoms with Gasteiger partial charge in [-0.2, -0.15) is 5.26 Å². The molecule has 0 aromatic heterocycles. The van der Waals surface area contributed by atoms with E-state index in [1.54, 1.807) is 0 Å². The average Bonchev–Trinajstić information content (AvgIpc) is 3.32. The number of benzene rings is 2. The van der Waals surface area contributed by atoms with Crippen molar-refractivity contribution in [2.45, 2.75) is 45.1 Å². The molecular formula is C24H26N2O2. The summed E-state index contributed by atoms with van der Waals surface area (Å²) < 4.78 is 5.89. The normalized spacial score (nSPS) is 22.6. The number of nitrogens with one attached hydrogen (secondary N) is 1. The highest BCUT2D eigenvalue weighted by Crippen LogP contribution is 2.49. The van der Waals surface area contributed by atoms with Crippen molar-refractivity contribution in [1.82, 2.24) is 0 Å². The SMILES string of the molecule is N#CCc1ccc(OCc2ccccc2NC(=O)CC2CC3CCC2C3)cc1. The molecule has 2 aliphatic rings. The van der Waals surface area contributed by atoms with Crippen LogP contribution in [0.25, 0.3) is 0 Å². The summed E-state index contributed by atoms with van der Waals surface area (Å²) in [6, 6.07) is 17.5. The third kappa shape index (κ3) is 4.36. The summed E-state index contributed by atoms with van der Waals surface area (Å²) in [5, 5.41) is 11.9. The molecule has 0 spiro atoms. The molecule has 2 aromatic rings. The third-order valence-electron chi connectivity index (χ3n) is 6.22. The maximum Gasteiger partial charge on any atom is 0.224 e. The zero-order valence-corrected chi connectivity index (χ0v) is 16.1. The Balaban J connectivity index is 1.34. The van der Waals surface area contributed by atoms with E-state index in [1.165, 1.54) is 25.7 Å². The lowest BCUT2D eigenvalue weighted by Crippen LogP contribution is -2.21. The highest BCUT2D eigenvalue weighted by molar-refractivity contribution is 5.91. The number of amides is 1. The van der Waals surface area contributed by atoms with Crippen LogP contribution in [0.1, 0.15) is 43.2 Å². The van der Waals surface area contributed by atoms with Crippen LogP contribution in [-0.2, 0) is 17.8 Å². The molecule has 4 nitrogen and oxygen atoms in total. The van der Waals surface area contributed by atoms with Crippen LogP contribution >= 0.6 is 0 Å². The third-order valence-corrected chi connectivity index (χ3v) is 6.22. The van der Waals surface area contributed by atoms with E-state index in [1.807, 2.05) is 48.5 Å². The smallest absolute Gasteiger partial charge is 0.224 e. The van der Waals surface area contributed by atoms with Gasteiger partial charge < -0.3 is 10.1 Å². The molecule has 0 radical (unpaired) electrons.